The molecule has 5 nitrogen and oxygen atoms in total. The van der Waals surface area contributed by atoms with Crippen LogP contribution in [0.25, 0.3) is 11.1 Å². The highest BCUT2D eigenvalue weighted by molar-refractivity contribution is 6.04. The minimum Gasteiger partial charge on any atom is -0.497 e. The molecule has 2 heterocycles. The molecule has 0 spiro atoms. The predicted molar refractivity (Wildman–Crippen MR) is 98.9 cm³/mol. The molecule has 1 aromatic carbocycles. The third-order valence-corrected chi connectivity index (χ3v) is 3.96. The number of pyridine rings is 1. The molecule has 0 aliphatic heterocycles. The summed E-state index contributed by atoms with van der Waals surface area (Å²) in [5, 5.41) is 2.95. The fourth-order valence-electron chi connectivity index (χ4n) is 2.70. The SMILES string of the molecule is CCCn1cc(-c2ccncc2)cc1C(=O)Nc1ccc(OC)cc1. The van der Waals surface area contributed by atoms with Gasteiger partial charge in [0, 0.05) is 36.4 Å². The van der Waals surface area contributed by atoms with E-state index < -0.39 is 0 Å². The third kappa shape index (κ3) is 3.88. The van der Waals surface area contributed by atoms with E-state index >= 15 is 0 Å². The maximum absolute atomic E-state index is 12.7. The van der Waals surface area contributed by atoms with Gasteiger partial charge in [0.05, 0.1) is 7.11 Å². The van der Waals surface area contributed by atoms with Crippen LogP contribution in [0, 0.1) is 0 Å². The van der Waals surface area contributed by atoms with Gasteiger partial charge in [-0.2, -0.15) is 0 Å². The quantitative estimate of drug-likeness (QED) is 0.734. The average molecular weight is 335 g/mol. The topological polar surface area (TPSA) is 56.2 Å². The van der Waals surface area contributed by atoms with Gasteiger partial charge in [0.25, 0.3) is 5.91 Å². The molecule has 0 radical (unpaired) electrons. The first-order valence-corrected chi connectivity index (χ1v) is 8.27. The minimum absolute atomic E-state index is 0.126. The van der Waals surface area contributed by atoms with Crippen molar-refractivity contribution in [1.82, 2.24) is 9.55 Å². The number of hydrogen-bond donors (Lipinski definition) is 1. The second-order valence-electron chi connectivity index (χ2n) is 5.73. The van der Waals surface area contributed by atoms with Gasteiger partial charge < -0.3 is 14.6 Å². The summed E-state index contributed by atoms with van der Waals surface area (Å²) >= 11 is 0. The van der Waals surface area contributed by atoms with Crippen molar-refractivity contribution in [2.75, 3.05) is 12.4 Å². The van der Waals surface area contributed by atoms with Crippen LogP contribution < -0.4 is 10.1 Å². The van der Waals surface area contributed by atoms with E-state index in [1.54, 1.807) is 19.5 Å². The fraction of sp³-hybridized carbons (Fsp3) is 0.200. The first kappa shape index (κ1) is 16.8. The van der Waals surface area contributed by atoms with E-state index in [4.69, 9.17) is 4.74 Å². The second kappa shape index (κ2) is 7.66. The number of ether oxygens (including phenoxy) is 1. The lowest BCUT2D eigenvalue weighted by Gasteiger charge is -2.09. The highest BCUT2D eigenvalue weighted by Crippen LogP contribution is 2.23. The van der Waals surface area contributed by atoms with Crippen LogP contribution in [0.15, 0.2) is 61.1 Å². The number of amides is 1. The molecule has 0 aliphatic carbocycles. The molecule has 3 rings (SSSR count). The molecule has 0 fully saturated rings. The Kier molecular flexibility index (Phi) is 5.14. The molecule has 0 aliphatic rings. The van der Waals surface area contributed by atoms with Crippen LogP contribution in [0.1, 0.15) is 23.8 Å². The number of rotatable bonds is 6. The van der Waals surface area contributed by atoms with Gasteiger partial charge in [0.1, 0.15) is 11.4 Å². The Bertz CT molecular complexity index is 839. The smallest absolute Gasteiger partial charge is 0.272 e. The van der Waals surface area contributed by atoms with E-state index in [2.05, 4.69) is 17.2 Å². The summed E-state index contributed by atoms with van der Waals surface area (Å²) in [7, 11) is 1.62. The van der Waals surface area contributed by atoms with Gasteiger partial charge in [-0.15, -0.1) is 0 Å². The van der Waals surface area contributed by atoms with Crippen molar-refractivity contribution in [3.8, 4) is 16.9 Å². The Morgan fingerprint density at radius 1 is 1.12 bits per heavy atom. The molecule has 2 aromatic heterocycles. The summed E-state index contributed by atoms with van der Waals surface area (Å²) in [4.78, 5) is 16.8. The van der Waals surface area contributed by atoms with Crippen molar-refractivity contribution >= 4 is 11.6 Å². The van der Waals surface area contributed by atoms with E-state index in [1.807, 2.05) is 53.2 Å². The Hall–Kier alpha value is -3.08. The molecule has 1 N–H and O–H groups in total. The van der Waals surface area contributed by atoms with E-state index in [0.717, 1.165) is 35.5 Å². The standard InChI is InChI=1S/C20H21N3O2/c1-3-12-23-14-16(15-8-10-21-11-9-15)13-19(23)20(24)22-17-4-6-18(25-2)7-5-17/h4-11,13-14H,3,12H2,1-2H3,(H,22,24). The molecule has 0 saturated carbocycles. The Morgan fingerprint density at radius 3 is 2.48 bits per heavy atom. The molecule has 25 heavy (non-hydrogen) atoms. The second-order valence-corrected chi connectivity index (χ2v) is 5.73. The maximum atomic E-state index is 12.7. The predicted octanol–water partition coefficient (Wildman–Crippen LogP) is 4.22. The van der Waals surface area contributed by atoms with Crippen molar-refractivity contribution in [3.63, 3.8) is 0 Å². The molecule has 1 amide bonds. The number of nitrogens with zero attached hydrogens (tertiary/aromatic N) is 2. The van der Waals surface area contributed by atoms with Crippen LogP contribution >= 0.6 is 0 Å². The first-order chi connectivity index (χ1) is 12.2. The van der Waals surface area contributed by atoms with Crippen molar-refractivity contribution < 1.29 is 9.53 Å². The molecule has 5 heteroatoms. The highest BCUT2D eigenvalue weighted by Gasteiger charge is 2.14. The van der Waals surface area contributed by atoms with Crippen molar-refractivity contribution in [2.24, 2.45) is 0 Å². The average Bonchev–Trinajstić information content (AvgIpc) is 3.07. The van der Waals surface area contributed by atoms with Gasteiger partial charge in [-0.1, -0.05) is 6.92 Å². The van der Waals surface area contributed by atoms with Gasteiger partial charge in [-0.05, 0) is 54.4 Å². The number of hydrogen-bond acceptors (Lipinski definition) is 3. The molecule has 128 valence electrons. The van der Waals surface area contributed by atoms with Crippen LogP contribution in [0.4, 0.5) is 5.69 Å². The van der Waals surface area contributed by atoms with Crippen LogP contribution in [0.3, 0.4) is 0 Å². The zero-order valence-corrected chi connectivity index (χ0v) is 14.4. The van der Waals surface area contributed by atoms with Gasteiger partial charge in [0.15, 0.2) is 0 Å². The number of carbonyl (C=O) groups is 1. The molecule has 0 atom stereocenters. The molecular formula is C20H21N3O2. The first-order valence-electron chi connectivity index (χ1n) is 8.27. The lowest BCUT2D eigenvalue weighted by Crippen LogP contribution is -2.16. The number of anilines is 1. The van der Waals surface area contributed by atoms with E-state index in [9.17, 15) is 4.79 Å². The van der Waals surface area contributed by atoms with E-state index in [-0.39, 0.29) is 5.91 Å². The lowest BCUT2D eigenvalue weighted by atomic mass is 10.1. The van der Waals surface area contributed by atoms with Crippen molar-refractivity contribution in [3.05, 3.63) is 66.7 Å². The highest BCUT2D eigenvalue weighted by atomic mass is 16.5. The fourth-order valence-corrected chi connectivity index (χ4v) is 2.70. The number of benzene rings is 1. The molecular weight excluding hydrogens is 314 g/mol. The number of nitrogens with one attached hydrogen (secondary N) is 1. The van der Waals surface area contributed by atoms with Crippen LogP contribution in [0.2, 0.25) is 0 Å². The summed E-state index contributed by atoms with van der Waals surface area (Å²) in [5.74, 6) is 0.631. The van der Waals surface area contributed by atoms with Gasteiger partial charge in [-0.25, -0.2) is 0 Å². The molecule has 0 bridgehead atoms. The zero-order valence-electron chi connectivity index (χ0n) is 14.4. The molecule has 0 unspecified atom stereocenters. The summed E-state index contributed by atoms with van der Waals surface area (Å²) in [6.07, 6.45) is 6.47. The van der Waals surface area contributed by atoms with Crippen molar-refractivity contribution in [1.29, 1.82) is 0 Å². The third-order valence-electron chi connectivity index (χ3n) is 3.96. The summed E-state index contributed by atoms with van der Waals surface area (Å²) in [6, 6.07) is 13.1. The van der Waals surface area contributed by atoms with Gasteiger partial charge >= 0.3 is 0 Å². The molecule has 3 aromatic rings. The normalized spacial score (nSPS) is 10.5. The number of aryl methyl sites for hydroxylation is 1. The van der Waals surface area contributed by atoms with Crippen molar-refractivity contribution in [2.45, 2.75) is 19.9 Å². The number of methoxy groups -OCH3 is 1. The Morgan fingerprint density at radius 2 is 1.84 bits per heavy atom. The molecule has 0 saturated heterocycles. The monoisotopic (exact) mass is 335 g/mol. The largest absolute Gasteiger partial charge is 0.497 e. The van der Waals surface area contributed by atoms with E-state index in [1.165, 1.54) is 0 Å². The van der Waals surface area contributed by atoms with E-state index in [0.29, 0.717) is 5.69 Å². The Labute approximate surface area is 147 Å². The van der Waals surface area contributed by atoms with Gasteiger partial charge in [-0.3, -0.25) is 9.78 Å². The van der Waals surface area contributed by atoms with Crippen LogP contribution in [0.5, 0.6) is 5.75 Å². The lowest BCUT2D eigenvalue weighted by molar-refractivity contribution is 0.101. The summed E-state index contributed by atoms with van der Waals surface area (Å²) in [5.41, 5.74) is 3.43. The number of aromatic nitrogens is 2. The van der Waals surface area contributed by atoms with Crippen LogP contribution in [-0.2, 0) is 6.54 Å². The summed E-state index contributed by atoms with van der Waals surface area (Å²) in [6.45, 7) is 2.88. The zero-order chi connectivity index (χ0) is 17.6. The summed E-state index contributed by atoms with van der Waals surface area (Å²) < 4.78 is 7.13. The van der Waals surface area contributed by atoms with Crippen LogP contribution in [-0.4, -0.2) is 22.6 Å². The van der Waals surface area contributed by atoms with Gasteiger partial charge in [0.2, 0.25) is 0 Å². The minimum atomic E-state index is -0.126. The Balaban J connectivity index is 1.86. The number of carbonyl (C=O) groups excluding carboxylic acids is 1. The maximum Gasteiger partial charge on any atom is 0.272 e.